The third-order valence-electron chi connectivity index (χ3n) is 6.11. The number of aromatic nitrogens is 4. The fourth-order valence-electron chi connectivity index (χ4n) is 4.59. The fraction of sp³-hybridized carbons (Fsp3) is 0.160. The molecule has 5 aromatic rings. The Balaban J connectivity index is 1.43. The van der Waals surface area contributed by atoms with Crippen molar-refractivity contribution in [3.63, 3.8) is 0 Å². The van der Waals surface area contributed by atoms with Crippen LogP contribution in [-0.4, -0.2) is 38.9 Å². The topological polar surface area (TPSA) is 57.7 Å². The Labute approximate surface area is 174 Å². The third-order valence-corrected chi connectivity index (χ3v) is 6.11. The van der Waals surface area contributed by atoms with E-state index in [9.17, 15) is 0 Å². The quantitative estimate of drug-likeness (QED) is 0.472. The third kappa shape index (κ3) is 2.86. The highest BCUT2D eigenvalue weighted by Gasteiger charge is 2.25. The first kappa shape index (κ1) is 17.3. The van der Waals surface area contributed by atoms with Gasteiger partial charge in [-0.2, -0.15) is 5.10 Å². The van der Waals surface area contributed by atoms with Gasteiger partial charge in [0.15, 0.2) is 0 Å². The molecular formula is C25H21N5. The number of benzene rings is 3. The van der Waals surface area contributed by atoms with E-state index < -0.39 is 0 Å². The standard InChI is InChI=1S/C25H21N5/c1-30-14-20-10-18(24-12-17-4-2-3-5-23(17)28-29-24)8-9-21(20)22(15-30)16-6-7-19-13-26-27-25(19)11-16/h2-13,22H,14-15H2,1H3,(H,26,27). The number of rotatable bonds is 2. The lowest BCUT2D eigenvalue weighted by molar-refractivity contribution is 0.295. The second-order valence-electron chi connectivity index (χ2n) is 8.17. The molecule has 3 aromatic carbocycles. The Hall–Kier alpha value is -3.57. The van der Waals surface area contributed by atoms with E-state index >= 15 is 0 Å². The maximum atomic E-state index is 4.48. The Morgan fingerprint density at radius 2 is 1.87 bits per heavy atom. The van der Waals surface area contributed by atoms with Crippen LogP contribution in [-0.2, 0) is 6.54 Å². The first-order valence-electron chi connectivity index (χ1n) is 10.2. The molecule has 5 nitrogen and oxygen atoms in total. The average molecular weight is 391 g/mol. The number of nitrogens with one attached hydrogen (secondary N) is 1. The second kappa shape index (κ2) is 6.75. The number of hydrogen-bond acceptors (Lipinski definition) is 4. The van der Waals surface area contributed by atoms with Crippen LogP contribution in [0.2, 0.25) is 0 Å². The van der Waals surface area contributed by atoms with Crippen LogP contribution >= 0.6 is 0 Å². The Morgan fingerprint density at radius 3 is 2.83 bits per heavy atom. The molecule has 1 N–H and O–H groups in total. The lowest BCUT2D eigenvalue weighted by atomic mass is 9.83. The largest absolute Gasteiger partial charge is 0.301 e. The van der Waals surface area contributed by atoms with Crippen molar-refractivity contribution in [1.82, 2.24) is 25.3 Å². The van der Waals surface area contributed by atoms with Crippen LogP contribution in [0.1, 0.15) is 22.6 Å². The zero-order valence-corrected chi connectivity index (χ0v) is 16.7. The smallest absolute Gasteiger partial charge is 0.0936 e. The summed E-state index contributed by atoms with van der Waals surface area (Å²) in [4.78, 5) is 2.39. The first-order chi connectivity index (χ1) is 14.7. The van der Waals surface area contributed by atoms with Crippen molar-refractivity contribution in [1.29, 1.82) is 0 Å². The minimum Gasteiger partial charge on any atom is -0.301 e. The molecule has 0 fully saturated rings. The van der Waals surface area contributed by atoms with Gasteiger partial charge in [-0.3, -0.25) is 5.10 Å². The van der Waals surface area contributed by atoms with Crippen molar-refractivity contribution < 1.29 is 0 Å². The van der Waals surface area contributed by atoms with Gasteiger partial charge >= 0.3 is 0 Å². The number of H-pyrrole nitrogens is 1. The lowest BCUT2D eigenvalue weighted by Gasteiger charge is -2.33. The number of fused-ring (bicyclic) bond motifs is 3. The van der Waals surface area contributed by atoms with Crippen LogP contribution in [0.15, 0.2) is 72.9 Å². The number of nitrogens with zero attached hydrogens (tertiary/aromatic N) is 4. The van der Waals surface area contributed by atoms with Crippen LogP contribution < -0.4 is 0 Å². The van der Waals surface area contributed by atoms with Gasteiger partial charge in [0.2, 0.25) is 0 Å². The molecule has 30 heavy (non-hydrogen) atoms. The van der Waals surface area contributed by atoms with Gasteiger partial charge in [0.05, 0.1) is 22.9 Å². The van der Waals surface area contributed by atoms with Gasteiger partial charge < -0.3 is 4.90 Å². The molecule has 6 rings (SSSR count). The van der Waals surface area contributed by atoms with E-state index in [1.165, 1.54) is 16.7 Å². The molecule has 3 heterocycles. The Bertz CT molecular complexity index is 1390. The summed E-state index contributed by atoms with van der Waals surface area (Å²) in [7, 11) is 2.19. The molecule has 1 unspecified atom stereocenters. The molecule has 0 radical (unpaired) electrons. The number of hydrogen-bond donors (Lipinski definition) is 1. The molecule has 0 amide bonds. The van der Waals surface area contributed by atoms with Crippen molar-refractivity contribution in [2.45, 2.75) is 12.5 Å². The van der Waals surface area contributed by atoms with Gasteiger partial charge in [0.1, 0.15) is 0 Å². The molecule has 0 saturated heterocycles. The van der Waals surface area contributed by atoms with Crippen LogP contribution in [0.5, 0.6) is 0 Å². The average Bonchev–Trinajstić information content (AvgIpc) is 3.25. The summed E-state index contributed by atoms with van der Waals surface area (Å²) in [6, 6.07) is 23.6. The molecule has 5 heteroatoms. The minimum atomic E-state index is 0.336. The van der Waals surface area contributed by atoms with E-state index in [0.29, 0.717) is 5.92 Å². The predicted octanol–water partition coefficient (Wildman–Crippen LogP) is 4.75. The SMILES string of the molecule is CN1Cc2cc(-c3cc4ccccc4nn3)ccc2C(c2ccc3cn[nH]c3c2)C1. The minimum absolute atomic E-state index is 0.336. The van der Waals surface area contributed by atoms with Gasteiger partial charge in [0.25, 0.3) is 0 Å². The van der Waals surface area contributed by atoms with Crippen molar-refractivity contribution >= 4 is 21.8 Å². The molecule has 0 saturated carbocycles. The molecule has 1 atom stereocenters. The molecule has 0 bridgehead atoms. The molecule has 1 aliphatic rings. The molecule has 2 aromatic heterocycles. The highest BCUT2D eigenvalue weighted by Crippen LogP contribution is 2.36. The summed E-state index contributed by atoms with van der Waals surface area (Å²) in [5.41, 5.74) is 8.11. The van der Waals surface area contributed by atoms with Gasteiger partial charge in [-0.1, -0.05) is 42.5 Å². The van der Waals surface area contributed by atoms with Gasteiger partial charge in [-0.25, -0.2) is 0 Å². The van der Waals surface area contributed by atoms with Crippen LogP contribution in [0.25, 0.3) is 33.1 Å². The van der Waals surface area contributed by atoms with Gasteiger partial charge in [0, 0.05) is 35.3 Å². The maximum absolute atomic E-state index is 4.48. The molecule has 0 spiro atoms. The predicted molar refractivity (Wildman–Crippen MR) is 119 cm³/mol. The van der Waals surface area contributed by atoms with E-state index in [-0.39, 0.29) is 0 Å². The zero-order chi connectivity index (χ0) is 20.1. The van der Waals surface area contributed by atoms with Crippen molar-refractivity contribution in [3.05, 3.63) is 89.6 Å². The fourth-order valence-corrected chi connectivity index (χ4v) is 4.59. The summed E-state index contributed by atoms with van der Waals surface area (Å²) in [5, 5.41) is 18.4. The molecule has 146 valence electrons. The van der Waals surface area contributed by atoms with E-state index in [0.717, 1.165) is 46.2 Å². The highest BCUT2D eigenvalue weighted by atomic mass is 15.1. The van der Waals surface area contributed by atoms with E-state index in [1.807, 2.05) is 24.4 Å². The van der Waals surface area contributed by atoms with Crippen molar-refractivity contribution in [2.75, 3.05) is 13.6 Å². The summed E-state index contributed by atoms with van der Waals surface area (Å²) < 4.78 is 0. The van der Waals surface area contributed by atoms with E-state index in [2.05, 4.69) is 80.9 Å². The van der Waals surface area contributed by atoms with Crippen LogP contribution in [0, 0.1) is 0 Å². The number of aromatic amines is 1. The highest BCUT2D eigenvalue weighted by molar-refractivity contribution is 5.82. The Kier molecular flexibility index (Phi) is 3.89. The lowest BCUT2D eigenvalue weighted by Crippen LogP contribution is -2.31. The second-order valence-corrected chi connectivity index (χ2v) is 8.17. The van der Waals surface area contributed by atoms with E-state index in [1.54, 1.807) is 0 Å². The van der Waals surface area contributed by atoms with Gasteiger partial charge in [-0.05, 0) is 48.0 Å². The monoisotopic (exact) mass is 391 g/mol. The van der Waals surface area contributed by atoms with Crippen molar-refractivity contribution in [3.8, 4) is 11.3 Å². The summed E-state index contributed by atoms with van der Waals surface area (Å²) >= 11 is 0. The van der Waals surface area contributed by atoms with Gasteiger partial charge in [-0.15, -0.1) is 10.2 Å². The summed E-state index contributed by atoms with van der Waals surface area (Å²) in [5.74, 6) is 0.336. The first-order valence-corrected chi connectivity index (χ1v) is 10.2. The zero-order valence-electron chi connectivity index (χ0n) is 16.7. The number of likely N-dealkylation sites (N-methyl/N-ethyl adjacent to an activating group) is 1. The van der Waals surface area contributed by atoms with Crippen LogP contribution in [0.3, 0.4) is 0 Å². The Morgan fingerprint density at radius 1 is 0.933 bits per heavy atom. The maximum Gasteiger partial charge on any atom is 0.0936 e. The summed E-state index contributed by atoms with van der Waals surface area (Å²) in [6.45, 7) is 1.94. The molecule has 1 aliphatic heterocycles. The van der Waals surface area contributed by atoms with Crippen molar-refractivity contribution in [2.24, 2.45) is 0 Å². The summed E-state index contributed by atoms with van der Waals surface area (Å²) in [6.07, 6.45) is 1.87. The van der Waals surface area contributed by atoms with Crippen LogP contribution in [0.4, 0.5) is 0 Å². The molecule has 0 aliphatic carbocycles. The normalized spacial score (nSPS) is 16.8. The molecular weight excluding hydrogens is 370 g/mol. The van der Waals surface area contributed by atoms with E-state index in [4.69, 9.17) is 0 Å².